The Kier molecular flexibility index (Phi) is 4.21. The summed E-state index contributed by atoms with van der Waals surface area (Å²) in [6.45, 7) is 0. The van der Waals surface area contributed by atoms with E-state index in [0.29, 0.717) is 5.92 Å². The van der Waals surface area contributed by atoms with E-state index >= 15 is 0 Å². The molecule has 0 bridgehead atoms. The van der Waals surface area contributed by atoms with E-state index < -0.39 is 0 Å². The molecule has 1 aromatic carbocycles. The molecule has 1 aromatic rings. The fourth-order valence-corrected chi connectivity index (χ4v) is 3.36. The summed E-state index contributed by atoms with van der Waals surface area (Å²) in [5.41, 5.74) is 1.34. The highest BCUT2D eigenvalue weighted by molar-refractivity contribution is 6.29. The molecule has 1 saturated carbocycles. The molecule has 0 spiro atoms. The van der Waals surface area contributed by atoms with Gasteiger partial charge in [0.2, 0.25) is 0 Å². The van der Waals surface area contributed by atoms with Gasteiger partial charge in [0.15, 0.2) is 0 Å². The van der Waals surface area contributed by atoms with E-state index in [-0.39, 0.29) is 16.6 Å². The molecule has 2 rings (SSSR count). The highest BCUT2D eigenvalue weighted by Crippen LogP contribution is 2.43. The fraction of sp³-hybridized carbons (Fsp3) is 0.538. The van der Waals surface area contributed by atoms with Crippen molar-refractivity contribution in [2.45, 2.75) is 35.8 Å². The molecule has 2 radical (unpaired) electrons. The molecule has 0 saturated heterocycles. The lowest BCUT2D eigenvalue weighted by molar-refractivity contribution is 0.510. The maximum absolute atomic E-state index is 6.27. The van der Waals surface area contributed by atoms with E-state index in [2.05, 4.69) is 24.3 Å². The summed E-state index contributed by atoms with van der Waals surface area (Å²) >= 11 is 12.4. The zero-order chi connectivity index (χ0) is 11.5. The zero-order valence-electron chi connectivity index (χ0n) is 9.15. The Hall–Kier alpha value is -0.135. The molecule has 4 atom stereocenters. The predicted octanol–water partition coefficient (Wildman–Crippen LogP) is 3.81. The summed E-state index contributed by atoms with van der Waals surface area (Å²) in [5, 5.41) is 0.185. The van der Waals surface area contributed by atoms with Gasteiger partial charge in [-0.15, -0.1) is 23.2 Å². The first-order valence-corrected chi connectivity index (χ1v) is 6.63. The van der Waals surface area contributed by atoms with Crippen molar-refractivity contribution in [1.29, 1.82) is 0 Å². The number of halogens is 2. The highest BCUT2D eigenvalue weighted by atomic mass is 35.5. The van der Waals surface area contributed by atoms with Crippen molar-refractivity contribution in [1.82, 2.24) is 0 Å². The van der Waals surface area contributed by atoms with E-state index in [0.717, 1.165) is 19.3 Å². The van der Waals surface area contributed by atoms with Crippen LogP contribution in [0.3, 0.4) is 0 Å². The minimum atomic E-state index is 0.0447. The van der Waals surface area contributed by atoms with Crippen LogP contribution in [-0.4, -0.2) is 18.6 Å². The maximum atomic E-state index is 6.27. The Balaban J connectivity index is 1.91. The Morgan fingerprint density at radius 2 is 1.81 bits per heavy atom. The lowest BCUT2D eigenvalue weighted by atomic mass is 9.76. The second kappa shape index (κ2) is 5.47. The van der Waals surface area contributed by atoms with Crippen molar-refractivity contribution in [3.05, 3.63) is 35.9 Å². The second-order valence-corrected chi connectivity index (χ2v) is 5.65. The van der Waals surface area contributed by atoms with E-state index in [1.165, 1.54) is 5.56 Å². The highest BCUT2D eigenvalue weighted by Gasteiger charge is 2.37. The Bertz CT molecular complexity index is 328. The minimum Gasteiger partial charge on any atom is -0.123 e. The molecule has 0 nitrogen and oxygen atoms in total. The first kappa shape index (κ1) is 12.3. The van der Waals surface area contributed by atoms with Crippen LogP contribution < -0.4 is 0 Å². The van der Waals surface area contributed by atoms with Crippen LogP contribution in [0.15, 0.2) is 30.3 Å². The predicted molar refractivity (Wildman–Crippen MR) is 71.7 cm³/mol. The summed E-state index contributed by atoms with van der Waals surface area (Å²) in [7, 11) is 6.06. The van der Waals surface area contributed by atoms with Gasteiger partial charge in [-0.25, -0.2) is 0 Å². The van der Waals surface area contributed by atoms with Crippen molar-refractivity contribution in [2.24, 2.45) is 5.92 Å². The third kappa shape index (κ3) is 2.75. The molecule has 0 aliphatic heterocycles. The van der Waals surface area contributed by atoms with Gasteiger partial charge in [0.25, 0.3) is 0 Å². The van der Waals surface area contributed by atoms with Crippen LogP contribution in [-0.2, 0) is 6.42 Å². The van der Waals surface area contributed by atoms with Crippen LogP contribution in [0.5, 0.6) is 0 Å². The third-order valence-corrected chi connectivity index (χ3v) is 4.41. The van der Waals surface area contributed by atoms with Crippen LogP contribution in [0.25, 0.3) is 0 Å². The van der Waals surface area contributed by atoms with Gasteiger partial charge in [0, 0.05) is 10.8 Å². The monoisotopic (exact) mass is 252 g/mol. The molecular formula is C13H15BCl2. The summed E-state index contributed by atoms with van der Waals surface area (Å²) in [4.78, 5) is 0. The zero-order valence-corrected chi connectivity index (χ0v) is 10.7. The summed E-state index contributed by atoms with van der Waals surface area (Å²) in [6.07, 6.45) is 2.90. The van der Waals surface area contributed by atoms with Crippen molar-refractivity contribution in [3.8, 4) is 0 Å². The van der Waals surface area contributed by atoms with Crippen molar-refractivity contribution >= 4 is 31.0 Å². The van der Waals surface area contributed by atoms with E-state index in [1.54, 1.807) is 0 Å². The molecule has 4 unspecified atom stereocenters. The van der Waals surface area contributed by atoms with Crippen molar-refractivity contribution in [2.75, 3.05) is 0 Å². The standard InChI is InChI=1S/C13H15BCl2/c14-13-10(11(15)8-12(13)16)7-6-9-4-2-1-3-5-9/h1-5,10-13H,6-8H2. The molecule has 3 heteroatoms. The van der Waals surface area contributed by atoms with Gasteiger partial charge in [-0.2, -0.15) is 0 Å². The van der Waals surface area contributed by atoms with Crippen LogP contribution in [0.1, 0.15) is 18.4 Å². The van der Waals surface area contributed by atoms with Gasteiger partial charge in [-0.05, 0) is 30.7 Å². The smallest absolute Gasteiger partial charge is 0.0724 e. The number of benzene rings is 1. The van der Waals surface area contributed by atoms with Crippen molar-refractivity contribution in [3.63, 3.8) is 0 Å². The van der Waals surface area contributed by atoms with E-state index in [9.17, 15) is 0 Å². The molecule has 0 heterocycles. The summed E-state index contributed by atoms with van der Waals surface area (Å²) < 4.78 is 0. The molecule has 84 valence electrons. The average Bonchev–Trinajstić information content (AvgIpc) is 2.53. The van der Waals surface area contributed by atoms with Gasteiger partial charge in [-0.1, -0.05) is 36.1 Å². The lowest BCUT2D eigenvalue weighted by Crippen LogP contribution is -2.14. The average molecular weight is 253 g/mol. The number of hydrogen-bond donors (Lipinski definition) is 0. The van der Waals surface area contributed by atoms with E-state index in [1.807, 2.05) is 6.07 Å². The third-order valence-electron chi connectivity index (χ3n) is 3.44. The quantitative estimate of drug-likeness (QED) is 0.567. The topological polar surface area (TPSA) is 0 Å². The largest absolute Gasteiger partial charge is 0.123 e. The second-order valence-electron chi connectivity index (χ2n) is 4.53. The lowest BCUT2D eigenvalue weighted by Gasteiger charge is -2.19. The summed E-state index contributed by atoms with van der Waals surface area (Å²) in [5.74, 6) is 0.400. The van der Waals surface area contributed by atoms with Crippen LogP contribution >= 0.6 is 23.2 Å². The van der Waals surface area contributed by atoms with Crippen molar-refractivity contribution < 1.29 is 0 Å². The first-order chi connectivity index (χ1) is 7.68. The number of rotatable bonds is 3. The van der Waals surface area contributed by atoms with Gasteiger partial charge in [0.05, 0.1) is 7.85 Å². The number of aryl methyl sites for hydroxylation is 1. The maximum Gasteiger partial charge on any atom is 0.0724 e. The Labute approximate surface area is 109 Å². The first-order valence-electron chi connectivity index (χ1n) is 5.76. The molecule has 16 heavy (non-hydrogen) atoms. The molecular weight excluding hydrogens is 238 g/mol. The van der Waals surface area contributed by atoms with Gasteiger partial charge in [0.1, 0.15) is 0 Å². The normalized spacial score (nSPS) is 34.1. The molecule has 1 aliphatic rings. The van der Waals surface area contributed by atoms with Gasteiger partial charge >= 0.3 is 0 Å². The number of hydrogen-bond acceptors (Lipinski definition) is 0. The van der Waals surface area contributed by atoms with Crippen LogP contribution in [0.4, 0.5) is 0 Å². The molecule has 0 aromatic heterocycles. The molecule has 0 N–H and O–H groups in total. The van der Waals surface area contributed by atoms with Crippen LogP contribution in [0.2, 0.25) is 5.82 Å². The van der Waals surface area contributed by atoms with Gasteiger partial charge in [-0.3, -0.25) is 0 Å². The van der Waals surface area contributed by atoms with E-state index in [4.69, 9.17) is 31.0 Å². The SMILES string of the molecule is [B]C1C(Cl)CC(Cl)C1CCc1ccccc1. The summed E-state index contributed by atoms with van der Waals surface area (Å²) in [6, 6.07) is 10.4. The molecule has 0 amide bonds. The minimum absolute atomic E-state index is 0.0447. The Morgan fingerprint density at radius 3 is 2.38 bits per heavy atom. The Morgan fingerprint density at radius 1 is 1.12 bits per heavy atom. The van der Waals surface area contributed by atoms with Gasteiger partial charge < -0.3 is 0 Å². The number of alkyl halides is 2. The van der Waals surface area contributed by atoms with Crippen LogP contribution in [0, 0.1) is 5.92 Å². The fourth-order valence-electron chi connectivity index (χ4n) is 2.41. The molecule has 1 aliphatic carbocycles. The molecule has 1 fully saturated rings.